The molecule has 11 nitrogen and oxygen atoms in total. The third kappa shape index (κ3) is 13.9. The molecular weight excluding hydrogens is 534 g/mol. The zero-order chi connectivity index (χ0) is 29.5. The summed E-state index contributed by atoms with van der Waals surface area (Å²) in [6, 6.07) is 6.81. The highest BCUT2D eigenvalue weighted by atomic mass is 16.6. The summed E-state index contributed by atoms with van der Waals surface area (Å²) in [5, 5.41) is 0. The Balaban J connectivity index is 1.27. The van der Waals surface area contributed by atoms with E-state index in [4.69, 9.17) is 33.2 Å². The van der Waals surface area contributed by atoms with Gasteiger partial charge in [-0.1, -0.05) is 38.8 Å². The van der Waals surface area contributed by atoms with Crippen molar-refractivity contribution in [2.75, 3.05) is 92.4 Å². The average Bonchev–Trinajstić information content (AvgIpc) is 3.23. The van der Waals surface area contributed by atoms with E-state index in [1.807, 2.05) is 6.92 Å². The van der Waals surface area contributed by atoms with Crippen molar-refractivity contribution in [1.29, 1.82) is 0 Å². The van der Waals surface area contributed by atoms with Crippen molar-refractivity contribution < 1.29 is 47.5 Å². The highest BCUT2D eigenvalue weighted by Gasteiger charge is 2.34. The molecule has 2 amide bonds. The third-order valence-corrected chi connectivity index (χ3v) is 6.40. The Kier molecular flexibility index (Phi) is 18.9. The zero-order valence-corrected chi connectivity index (χ0v) is 24.6. The molecule has 1 atom stereocenters. The van der Waals surface area contributed by atoms with E-state index in [9.17, 15) is 14.4 Å². The van der Waals surface area contributed by atoms with Crippen LogP contribution in [0, 0.1) is 5.92 Å². The van der Waals surface area contributed by atoms with Crippen molar-refractivity contribution in [3.63, 3.8) is 0 Å². The maximum Gasteiger partial charge on any atom is 0.308 e. The van der Waals surface area contributed by atoms with Crippen LogP contribution in [0.2, 0.25) is 0 Å². The number of imide groups is 1. The fraction of sp³-hybridized carbons (Fsp3) is 0.700. The highest BCUT2D eigenvalue weighted by molar-refractivity contribution is 6.21. The number of esters is 1. The number of carbonyl (C=O) groups is 3. The van der Waals surface area contributed by atoms with Crippen LogP contribution in [-0.4, -0.2) is 115 Å². The lowest BCUT2D eigenvalue weighted by Crippen LogP contribution is -2.33. The number of hydrogen-bond donors (Lipinski definition) is 0. The van der Waals surface area contributed by atoms with Crippen molar-refractivity contribution in [3.05, 3.63) is 35.4 Å². The van der Waals surface area contributed by atoms with Crippen LogP contribution >= 0.6 is 0 Å². The lowest BCUT2D eigenvalue weighted by atomic mass is 10.00. The summed E-state index contributed by atoms with van der Waals surface area (Å²) in [6.45, 7) is 9.60. The average molecular weight is 582 g/mol. The van der Waals surface area contributed by atoms with E-state index in [1.54, 1.807) is 24.3 Å². The third-order valence-electron chi connectivity index (χ3n) is 6.40. The van der Waals surface area contributed by atoms with Gasteiger partial charge in [0.2, 0.25) is 0 Å². The number of amides is 2. The number of unbranched alkanes of at least 4 members (excludes halogenated alkanes) is 1. The van der Waals surface area contributed by atoms with Gasteiger partial charge in [0.05, 0.1) is 103 Å². The van der Waals surface area contributed by atoms with E-state index >= 15 is 0 Å². The lowest BCUT2D eigenvalue weighted by molar-refractivity contribution is -0.150. The molecule has 232 valence electrons. The van der Waals surface area contributed by atoms with Crippen molar-refractivity contribution in [3.8, 4) is 0 Å². The molecule has 1 aromatic rings. The van der Waals surface area contributed by atoms with Gasteiger partial charge < -0.3 is 33.2 Å². The van der Waals surface area contributed by atoms with Gasteiger partial charge in [0.1, 0.15) is 6.61 Å². The predicted molar refractivity (Wildman–Crippen MR) is 151 cm³/mol. The van der Waals surface area contributed by atoms with Crippen molar-refractivity contribution >= 4 is 17.8 Å². The molecule has 0 aromatic heterocycles. The standard InChI is InChI=1S/C30H47NO10/c1-3-5-8-25(4-2)30(34)41-24-23-40-22-21-39-20-19-38-18-17-37-16-15-36-14-13-35-12-11-31-28(32)26-9-6-7-10-27(26)29(31)33/h6-7,9-10,25H,3-5,8,11-24H2,1-2H3. The van der Waals surface area contributed by atoms with Gasteiger partial charge in [-0.3, -0.25) is 19.3 Å². The monoisotopic (exact) mass is 581 g/mol. The first kappa shape index (κ1) is 34.8. The van der Waals surface area contributed by atoms with Crippen molar-refractivity contribution in [2.45, 2.75) is 39.5 Å². The normalized spacial score (nSPS) is 13.6. The second kappa shape index (κ2) is 22.2. The summed E-state index contributed by atoms with van der Waals surface area (Å²) in [5.74, 6) is -0.696. The molecule has 0 saturated heterocycles. The zero-order valence-electron chi connectivity index (χ0n) is 24.6. The van der Waals surface area contributed by atoms with E-state index in [0.717, 1.165) is 25.7 Å². The van der Waals surface area contributed by atoms with Gasteiger partial charge in [0, 0.05) is 0 Å². The summed E-state index contributed by atoms with van der Waals surface area (Å²) in [7, 11) is 0. The number of benzene rings is 1. The first-order valence-electron chi connectivity index (χ1n) is 14.7. The fourth-order valence-corrected chi connectivity index (χ4v) is 4.06. The van der Waals surface area contributed by atoms with Crippen LogP contribution in [0.1, 0.15) is 60.2 Å². The molecule has 41 heavy (non-hydrogen) atoms. The number of rotatable bonds is 26. The van der Waals surface area contributed by atoms with E-state index in [2.05, 4.69) is 6.92 Å². The van der Waals surface area contributed by atoms with Gasteiger partial charge in [0.25, 0.3) is 11.8 Å². The Morgan fingerprint density at radius 3 is 1.49 bits per heavy atom. The van der Waals surface area contributed by atoms with E-state index in [1.165, 1.54) is 4.90 Å². The number of hydrogen-bond acceptors (Lipinski definition) is 10. The molecule has 11 heteroatoms. The second-order valence-electron chi connectivity index (χ2n) is 9.40. The molecular formula is C30H47NO10. The Hall–Kier alpha value is -2.41. The SMILES string of the molecule is CCCCC(CC)C(=O)OCCOCCOCCOCCOCCOCCOCCN1C(=O)c2ccccc2C1=O. The smallest absolute Gasteiger partial charge is 0.308 e. The van der Waals surface area contributed by atoms with Gasteiger partial charge in [-0.05, 0) is 25.0 Å². The van der Waals surface area contributed by atoms with E-state index in [-0.39, 0.29) is 43.5 Å². The van der Waals surface area contributed by atoms with Gasteiger partial charge in [0.15, 0.2) is 0 Å². The molecule has 1 unspecified atom stereocenters. The molecule has 0 radical (unpaired) electrons. The molecule has 1 heterocycles. The van der Waals surface area contributed by atoms with Gasteiger partial charge >= 0.3 is 5.97 Å². The van der Waals surface area contributed by atoms with Crippen LogP contribution in [-0.2, 0) is 38.0 Å². The summed E-state index contributed by atoms with van der Waals surface area (Å²) < 4.78 is 38.0. The molecule has 0 aliphatic carbocycles. The maximum atomic E-state index is 12.3. The molecule has 1 aliphatic heterocycles. The largest absolute Gasteiger partial charge is 0.463 e. The van der Waals surface area contributed by atoms with Gasteiger partial charge in [-0.2, -0.15) is 0 Å². The molecule has 1 aromatic carbocycles. The predicted octanol–water partition coefficient (Wildman–Crippen LogP) is 3.14. The van der Waals surface area contributed by atoms with Crippen molar-refractivity contribution in [1.82, 2.24) is 4.90 Å². The Morgan fingerprint density at radius 2 is 1.07 bits per heavy atom. The number of fused-ring (bicyclic) bond motifs is 1. The Bertz CT molecular complexity index is 846. The number of carbonyl (C=O) groups excluding carboxylic acids is 3. The minimum Gasteiger partial charge on any atom is -0.463 e. The van der Waals surface area contributed by atoms with Crippen LogP contribution in [0.4, 0.5) is 0 Å². The van der Waals surface area contributed by atoms with Gasteiger partial charge in [-0.25, -0.2) is 0 Å². The molecule has 0 N–H and O–H groups in total. The molecule has 0 spiro atoms. The summed E-state index contributed by atoms with van der Waals surface area (Å²) in [6.07, 6.45) is 3.81. The van der Waals surface area contributed by atoms with Crippen LogP contribution < -0.4 is 0 Å². The topological polar surface area (TPSA) is 119 Å². The molecule has 2 rings (SSSR count). The quantitative estimate of drug-likeness (QED) is 0.0917. The summed E-state index contributed by atoms with van der Waals surface area (Å²) in [5.41, 5.74) is 0.883. The second-order valence-corrected chi connectivity index (χ2v) is 9.40. The first-order valence-corrected chi connectivity index (χ1v) is 14.7. The van der Waals surface area contributed by atoms with Crippen molar-refractivity contribution in [2.24, 2.45) is 5.92 Å². The minimum atomic E-state index is -0.278. The number of nitrogens with zero attached hydrogens (tertiary/aromatic N) is 1. The summed E-state index contributed by atoms with van der Waals surface area (Å²) in [4.78, 5) is 37.8. The highest BCUT2D eigenvalue weighted by Crippen LogP contribution is 2.21. The first-order chi connectivity index (χ1) is 20.1. The minimum absolute atomic E-state index is 0.0108. The lowest BCUT2D eigenvalue weighted by Gasteiger charge is -2.14. The van der Waals surface area contributed by atoms with Gasteiger partial charge in [-0.15, -0.1) is 0 Å². The molecule has 0 bridgehead atoms. The fourth-order valence-electron chi connectivity index (χ4n) is 4.06. The number of ether oxygens (including phenoxy) is 7. The van der Waals surface area contributed by atoms with Crippen LogP contribution in [0.15, 0.2) is 24.3 Å². The molecule has 1 aliphatic rings. The summed E-state index contributed by atoms with van der Waals surface area (Å²) >= 11 is 0. The van der Waals surface area contributed by atoms with E-state index < -0.39 is 0 Å². The molecule has 0 fully saturated rings. The van der Waals surface area contributed by atoms with E-state index in [0.29, 0.717) is 83.8 Å². The molecule has 0 saturated carbocycles. The maximum absolute atomic E-state index is 12.3. The Labute approximate surface area is 243 Å². The Morgan fingerprint density at radius 1 is 0.659 bits per heavy atom. The van der Waals surface area contributed by atoms with Crippen LogP contribution in [0.3, 0.4) is 0 Å². The van der Waals surface area contributed by atoms with Crippen LogP contribution in [0.25, 0.3) is 0 Å². The van der Waals surface area contributed by atoms with Crippen LogP contribution in [0.5, 0.6) is 0 Å².